The molecule has 3 aromatic rings. The zero-order valence-electron chi connectivity index (χ0n) is 17.8. The summed E-state index contributed by atoms with van der Waals surface area (Å²) in [5.41, 5.74) is 9.20. The van der Waals surface area contributed by atoms with E-state index in [1.807, 2.05) is 30.3 Å². The fourth-order valence-corrected chi connectivity index (χ4v) is 5.21. The number of carbonyl (C=O) groups is 3. The van der Waals surface area contributed by atoms with Crippen molar-refractivity contribution in [1.29, 1.82) is 0 Å². The highest BCUT2D eigenvalue weighted by molar-refractivity contribution is 7.15. The van der Waals surface area contributed by atoms with Gasteiger partial charge in [0.2, 0.25) is 11.8 Å². The normalized spacial score (nSPS) is 15.5. The van der Waals surface area contributed by atoms with E-state index >= 15 is 0 Å². The highest BCUT2D eigenvalue weighted by Crippen LogP contribution is 2.39. The van der Waals surface area contributed by atoms with Gasteiger partial charge in [-0.1, -0.05) is 54.1 Å². The molecule has 1 aromatic heterocycles. The number of anilines is 1. The first-order valence-electron chi connectivity index (χ1n) is 10.2. The average molecular weight is 484 g/mol. The van der Waals surface area contributed by atoms with Gasteiger partial charge in [0.1, 0.15) is 10.6 Å². The van der Waals surface area contributed by atoms with Gasteiger partial charge in [-0.15, -0.1) is 11.3 Å². The van der Waals surface area contributed by atoms with Gasteiger partial charge in [-0.25, -0.2) is 4.79 Å². The molecule has 0 radical (unpaired) electrons. The van der Waals surface area contributed by atoms with Crippen molar-refractivity contribution in [3.05, 3.63) is 75.6 Å². The lowest BCUT2D eigenvalue weighted by Gasteiger charge is -2.34. The summed E-state index contributed by atoms with van der Waals surface area (Å²) in [4.78, 5) is 39.3. The van der Waals surface area contributed by atoms with Gasteiger partial charge < -0.3 is 15.8 Å². The summed E-state index contributed by atoms with van der Waals surface area (Å²) in [6.45, 7) is 0.373. The SMILES string of the molecule is COC(=O)c1c(-c2ccccc2Cl)csc1NC(=O)CN1Cc2ccccc2C[C@H]1C(N)=O. The maximum atomic E-state index is 13.0. The van der Waals surface area contributed by atoms with Crippen molar-refractivity contribution in [2.45, 2.75) is 19.0 Å². The first-order valence-corrected chi connectivity index (χ1v) is 11.5. The molecule has 9 heteroatoms. The molecule has 0 saturated heterocycles. The second kappa shape index (κ2) is 9.74. The molecule has 4 rings (SSSR count). The lowest BCUT2D eigenvalue weighted by Crippen LogP contribution is -2.50. The van der Waals surface area contributed by atoms with Crippen LogP contribution in [0.25, 0.3) is 11.1 Å². The summed E-state index contributed by atoms with van der Waals surface area (Å²) in [5.74, 6) is -1.42. The van der Waals surface area contributed by atoms with Gasteiger partial charge in [0, 0.05) is 28.1 Å². The Kier molecular flexibility index (Phi) is 6.78. The molecular formula is C24H22ClN3O4S. The molecule has 0 unspecified atom stereocenters. The maximum Gasteiger partial charge on any atom is 0.341 e. The first kappa shape index (κ1) is 23.0. The Morgan fingerprint density at radius 2 is 1.82 bits per heavy atom. The molecule has 3 N–H and O–H groups in total. The number of hydrogen-bond donors (Lipinski definition) is 2. The number of fused-ring (bicyclic) bond motifs is 1. The third kappa shape index (κ3) is 4.78. The predicted octanol–water partition coefficient (Wildman–Crippen LogP) is 3.71. The molecule has 1 atom stereocenters. The van der Waals surface area contributed by atoms with E-state index in [-0.39, 0.29) is 18.0 Å². The fraction of sp³-hybridized carbons (Fsp3) is 0.208. The number of methoxy groups -OCH3 is 1. The van der Waals surface area contributed by atoms with Crippen LogP contribution in [0.1, 0.15) is 21.5 Å². The average Bonchev–Trinajstić information content (AvgIpc) is 3.21. The number of rotatable bonds is 6. The molecule has 2 amide bonds. The molecule has 0 fully saturated rings. The zero-order valence-corrected chi connectivity index (χ0v) is 19.4. The van der Waals surface area contributed by atoms with Gasteiger partial charge in [-0.3, -0.25) is 14.5 Å². The number of nitrogens with one attached hydrogen (secondary N) is 1. The molecule has 2 aromatic carbocycles. The van der Waals surface area contributed by atoms with Gasteiger partial charge in [-0.05, 0) is 23.6 Å². The molecule has 2 heterocycles. The number of halogens is 1. The number of primary amides is 1. The third-order valence-corrected chi connectivity index (χ3v) is 6.84. The fourth-order valence-electron chi connectivity index (χ4n) is 4.01. The maximum absolute atomic E-state index is 13.0. The van der Waals surface area contributed by atoms with E-state index in [1.54, 1.807) is 28.5 Å². The van der Waals surface area contributed by atoms with Gasteiger partial charge >= 0.3 is 5.97 Å². The van der Waals surface area contributed by atoms with Crippen molar-refractivity contribution < 1.29 is 19.1 Å². The first-order chi connectivity index (χ1) is 15.9. The number of esters is 1. The second-order valence-electron chi connectivity index (χ2n) is 7.67. The van der Waals surface area contributed by atoms with Crippen LogP contribution in [0, 0.1) is 0 Å². The van der Waals surface area contributed by atoms with Gasteiger partial charge in [0.25, 0.3) is 0 Å². The molecule has 0 aliphatic carbocycles. The molecular weight excluding hydrogens is 462 g/mol. The van der Waals surface area contributed by atoms with Crippen molar-refractivity contribution in [2.24, 2.45) is 5.73 Å². The van der Waals surface area contributed by atoms with Gasteiger partial charge in [0.05, 0.1) is 19.7 Å². The largest absolute Gasteiger partial charge is 0.465 e. The van der Waals surface area contributed by atoms with Crippen LogP contribution in [-0.2, 0) is 27.3 Å². The summed E-state index contributed by atoms with van der Waals surface area (Å²) >= 11 is 7.53. The number of carbonyl (C=O) groups excluding carboxylic acids is 3. The van der Waals surface area contributed by atoms with E-state index < -0.39 is 17.9 Å². The Bertz CT molecular complexity index is 1230. The highest BCUT2D eigenvalue weighted by atomic mass is 35.5. The van der Waals surface area contributed by atoms with Crippen LogP contribution in [0.3, 0.4) is 0 Å². The molecule has 33 heavy (non-hydrogen) atoms. The third-order valence-electron chi connectivity index (χ3n) is 5.62. The molecule has 0 bridgehead atoms. The van der Waals surface area contributed by atoms with Gasteiger partial charge in [0.15, 0.2) is 0 Å². The van der Waals surface area contributed by atoms with Crippen molar-refractivity contribution in [2.75, 3.05) is 19.0 Å². The lowest BCUT2D eigenvalue weighted by atomic mass is 9.93. The summed E-state index contributed by atoms with van der Waals surface area (Å²) in [7, 11) is 1.28. The smallest absolute Gasteiger partial charge is 0.341 e. The molecule has 1 aliphatic heterocycles. The summed E-state index contributed by atoms with van der Waals surface area (Å²) in [6.07, 6.45) is 0.446. The predicted molar refractivity (Wildman–Crippen MR) is 128 cm³/mol. The number of hydrogen-bond acceptors (Lipinski definition) is 6. The Morgan fingerprint density at radius 3 is 2.52 bits per heavy atom. The van der Waals surface area contributed by atoms with Crippen molar-refractivity contribution >= 4 is 45.7 Å². The highest BCUT2D eigenvalue weighted by Gasteiger charge is 2.32. The summed E-state index contributed by atoms with van der Waals surface area (Å²) in [6, 6.07) is 14.3. The Morgan fingerprint density at radius 1 is 1.12 bits per heavy atom. The molecule has 1 aliphatic rings. The minimum absolute atomic E-state index is 0.0537. The van der Waals surface area contributed by atoms with Crippen LogP contribution in [0.15, 0.2) is 53.9 Å². The van der Waals surface area contributed by atoms with Crippen molar-refractivity contribution in [3.8, 4) is 11.1 Å². The van der Waals surface area contributed by atoms with Crippen LogP contribution >= 0.6 is 22.9 Å². The quantitative estimate of drug-likeness (QED) is 0.520. The van der Waals surface area contributed by atoms with Crippen LogP contribution < -0.4 is 11.1 Å². The van der Waals surface area contributed by atoms with E-state index in [1.165, 1.54) is 18.4 Å². The lowest BCUT2D eigenvalue weighted by molar-refractivity contribution is -0.125. The van der Waals surface area contributed by atoms with E-state index in [2.05, 4.69) is 5.32 Å². The van der Waals surface area contributed by atoms with Gasteiger partial charge in [-0.2, -0.15) is 0 Å². The minimum Gasteiger partial charge on any atom is -0.465 e. The molecule has 0 spiro atoms. The second-order valence-corrected chi connectivity index (χ2v) is 8.96. The van der Waals surface area contributed by atoms with Crippen LogP contribution in [0.5, 0.6) is 0 Å². The van der Waals surface area contributed by atoms with Crippen LogP contribution in [-0.4, -0.2) is 42.4 Å². The number of ether oxygens (including phenoxy) is 1. The number of nitrogens with zero attached hydrogens (tertiary/aromatic N) is 1. The van der Waals surface area contributed by atoms with E-state index in [4.69, 9.17) is 22.1 Å². The zero-order chi connectivity index (χ0) is 23.5. The van der Waals surface area contributed by atoms with Crippen LogP contribution in [0.2, 0.25) is 5.02 Å². The van der Waals surface area contributed by atoms with Crippen LogP contribution in [0.4, 0.5) is 5.00 Å². The van der Waals surface area contributed by atoms with E-state index in [9.17, 15) is 14.4 Å². The minimum atomic E-state index is -0.590. The molecule has 0 saturated carbocycles. The number of amides is 2. The number of thiophene rings is 1. The van der Waals surface area contributed by atoms with E-state index in [0.29, 0.717) is 34.1 Å². The standard InChI is InChI=1S/C24H22ClN3O4S/c1-32-24(31)21-17(16-8-4-5-9-18(16)25)13-33-23(21)27-20(29)12-28-11-15-7-3-2-6-14(15)10-19(28)22(26)30/h2-9,13,19H,10-12H2,1H3,(H2,26,30)(H,27,29)/t19-/m0/s1. The Labute approximate surface area is 200 Å². The summed E-state index contributed by atoms with van der Waals surface area (Å²) < 4.78 is 4.96. The van der Waals surface area contributed by atoms with Crippen molar-refractivity contribution in [1.82, 2.24) is 4.90 Å². The number of benzene rings is 2. The summed E-state index contributed by atoms with van der Waals surface area (Å²) in [5, 5.41) is 5.40. The van der Waals surface area contributed by atoms with E-state index in [0.717, 1.165) is 11.1 Å². The Hall–Kier alpha value is -3.20. The molecule has 7 nitrogen and oxygen atoms in total. The van der Waals surface area contributed by atoms with Crippen molar-refractivity contribution in [3.63, 3.8) is 0 Å². The number of nitrogens with two attached hydrogens (primary N) is 1. The topological polar surface area (TPSA) is 102 Å². The monoisotopic (exact) mass is 483 g/mol. The Balaban J connectivity index is 1.58. The molecule has 170 valence electrons.